The van der Waals surface area contributed by atoms with Gasteiger partial charge in [-0.15, -0.1) is 0 Å². The lowest BCUT2D eigenvalue weighted by molar-refractivity contribution is 0.230. The maximum absolute atomic E-state index is 12.9. The number of aryl methyl sites for hydroxylation is 1. The zero-order chi connectivity index (χ0) is 23.8. The van der Waals surface area contributed by atoms with Gasteiger partial charge in [-0.2, -0.15) is 0 Å². The fourth-order valence-corrected chi connectivity index (χ4v) is 5.65. The van der Waals surface area contributed by atoms with Gasteiger partial charge in [0, 0.05) is 62.5 Å². The van der Waals surface area contributed by atoms with Crippen LogP contribution < -0.4 is 15.6 Å². The Labute approximate surface area is 205 Å². The van der Waals surface area contributed by atoms with E-state index >= 15 is 0 Å². The Morgan fingerprint density at radius 2 is 1.97 bits per heavy atom. The third-order valence-electron chi connectivity index (χ3n) is 7.53. The first-order valence-corrected chi connectivity index (χ1v) is 12.6. The summed E-state index contributed by atoms with van der Waals surface area (Å²) in [5.74, 6) is 0.586. The number of hydrogen-bond donors (Lipinski definition) is 1. The molecule has 4 heterocycles. The van der Waals surface area contributed by atoms with Crippen LogP contribution in [0.15, 0.2) is 71.7 Å². The number of benzene rings is 2. The second-order valence-electron chi connectivity index (χ2n) is 9.81. The van der Waals surface area contributed by atoms with Crippen LogP contribution in [0.5, 0.6) is 5.75 Å². The molecule has 0 radical (unpaired) electrons. The lowest BCUT2D eigenvalue weighted by Crippen LogP contribution is -2.40. The average molecular weight is 469 g/mol. The molecule has 6 rings (SSSR count). The van der Waals surface area contributed by atoms with Gasteiger partial charge in [0.05, 0.1) is 11.2 Å². The predicted octanol–water partition coefficient (Wildman–Crippen LogP) is 4.02. The van der Waals surface area contributed by atoms with Crippen LogP contribution in [-0.2, 0) is 26.6 Å². The standard InChI is InChI=1S/C29H32N4O2/c1-31-27-12-14-32(18-22-8-5-13-30-22)19-26(27)25-10-9-23(16-28(25)31)33-15-11-24(17-29(33)34)35-20-21-6-3-2-4-7-21/h2-4,6-7,9-11,15-17,22,30H,5,8,12-14,18-20H2,1H3/t22-/m0/s1. The predicted molar refractivity (Wildman–Crippen MR) is 139 cm³/mol. The van der Waals surface area contributed by atoms with Crippen molar-refractivity contribution < 1.29 is 4.74 Å². The molecule has 180 valence electrons. The zero-order valence-electron chi connectivity index (χ0n) is 20.2. The van der Waals surface area contributed by atoms with E-state index in [2.05, 4.69) is 40.0 Å². The van der Waals surface area contributed by atoms with Crippen molar-refractivity contribution >= 4 is 10.9 Å². The van der Waals surface area contributed by atoms with Gasteiger partial charge < -0.3 is 14.6 Å². The topological polar surface area (TPSA) is 51.4 Å². The Kier molecular flexibility index (Phi) is 5.92. The first-order valence-electron chi connectivity index (χ1n) is 12.6. The maximum Gasteiger partial charge on any atom is 0.258 e. The van der Waals surface area contributed by atoms with E-state index in [9.17, 15) is 4.79 Å². The summed E-state index contributed by atoms with van der Waals surface area (Å²) in [6, 6.07) is 20.4. The van der Waals surface area contributed by atoms with Crippen molar-refractivity contribution in [3.05, 3.63) is 94.0 Å². The number of hydrogen-bond acceptors (Lipinski definition) is 4. The minimum absolute atomic E-state index is 0.0934. The third-order valence-corrected chi connectivity index (χ3v) is 7.53. The van der Waals surface area contributed by atoms with Gasteiger partial charge >= 0.3 is 0 Å². The maximum atomic E-state index is 12.9. The van der Waals surface area contributed by atoms with Gasteiger partial charge in [0.25, 0.3) is 5.56 Å². The fourth-order valence-electron chi connectivity index (χ4n) is 5.65. The number of aromatic nitrogens is 2. The second kappa shape index (κ2) is 9.36. The number of fused-ring (bicyclic) bond motifs is 3. The van der Waals surface area contributed by atoms with Crippen LogP contribution in [-0.4, -0.2) is 39.7 Å². The molecule has 2 aliphatic rings. The van der Waals surface area contributed by atoms with Crippen LogP contribution in [0.4, 0.5) is 0 Å². The Bertz CT molecular complexity index is 1400. The highest BCUT2D eigenvalue weighted by Gasteiger charge is 2.25. The molecule has 1 saturated heterocycles. The van der Waals surface area contributed by atoms with E-state index < -0.39 is 0 Å². The molecule has 2 aliphatic heterocycles. The summed E-state index contributed by atoms with van der Waals surface area (Å²) < 4.78 is 9.85. The van der Waals surface area contributed by atoms with Crippen LogP contribution in [0, 0.1) is 0 Å². The normalized spacial score (nSPS) is 18.1. The van der Waals surface area contributed by atoms with E-state index in [4.69, 9.17) is 4.74 Å². The molecule has 0 bridgehead atoms. The number of pyridine rings is 1. The SMILES string of the molecule is Cn1c2c(c3ccc(-n4ccc(OCc5ccccc5)cc4=O)cc31)CN(C[C@@H]1CCCN1)CC2. The summed E-state index contributed by atoms with van der Waals surface area (Å²) in [6.07, 6.45) is 5.45. The average Bonchev–Trinajstić information content (AvgIpc) is 3.49. The monoisotopic (exact) mass is 468 g/mol. The number of nitrogens with zero attached hydrogens (tertiary/aromatic N) is 3. The largest absolute Gasteiger partial charge is 0.489 e. The summed E-state index contributed by atoms with van der Waals surface area (Å²) in [4.78, 5) is 15.5. The summed E-state index contributed by atoms with van der Waals surface area (Å²) in [7, 11) is 2.16. The molecule has 35 heavy (non-hydrogen) atoms. The lowest BCUT2D eigenvalue weighted by Gasteiger charge is -2.30. The zero-order valence-corrected chi connectivity index (χ0v) is 20.2. The van der Waals surface area contributed by atoms with Gasteiger partial charge in [-0.05, 0) is 48.7 Å². The van der Waals surface area contributed by atoms with E-state index in [-0.39, 0.29) is 5.56 Å². The molecule has 6 nitrogen and oxygen atoms in total. The number of ether oxygens (including phenoxy) is 1. The van der Waals surface area contributed by atoms with Crippen LogP contribution >= 0.6 is 0 Å². The number of rotatable bonds is 6. The number of nitrogens with one attached hydrogen (secondary N) is 1. The van der Waals surface area contributed by atoms with Crippen molar-refractivity contribution in [2.75, 3.05) is 19.6 Å². The highest BCUT2D eigenvalue weighted by atomic mass is 16.5. The summed E-state index contributed by atoms with van der Waals surface area (Å²) in [6.45, 7) is 4.82. The molecule has 0 spiro atoms. The van der Waals surface area contributed by atoms with E-state index in [1.165, 1.54) is 35.0 Å². The summed E-state index contributed by atoms with van der Waals surface area (Å²) in [5.41, 5.74) is 5.91. The molecule has 1 atom stereocenters. The van der Waals surface area contributed by atoms with E-state index in [0.717, 1.165) is 43.9 Å². The Morgan fingerprint density at radius 3 is 2.77 bits per heavy atom. The van der Waals surface area contributed by atoms with Crippen LogP contribution in [0.2, 0.25) is 0 Å². The Hall–Kier alpha value is -3.35. The Balaban J connectivity index is 1.24. The Morgan fingerprint density at radius 1 is 1.09 bits per heavy atom. The lowest BCUT2D eigenvalue weighted by atomic mass is 10.0. The smallest absolute Gasteiger partial charge is 0.258 e. The van der Waals surface area contributed by atoms with Gasteiger partial charge in [-0.1, -0.05) is 36.4 Å². The molecule has 1 N–H and O–H groups in total. The second-order valence-corrected chi connectivity index (χ2v) is 9.81. The highest BCUT2D eigenvalue weighted by molar-refractivity contribution is 5.87. The molecule has 2 aromatic carbocycles. The highest BCUT2D eigenvalue weighted by Crippen LogP contribution is 2.31. The van der Waals surface area contributed by atoms with Crippen molar-refractivity contribution in [2.45, 2.75) is 38.5 Å². The minimum atomic E-state index is -0.0934. The van der Waals surface area contributed by atoms with E-state index in [1.54, 1.807) is 10.6 Å². The van der Waals surface area contributed by atoms with Gasteiger partial charge in [0.15, 0.2) is 0 Å². The third kappa shape index (κ3) is 4.40. The van der Waals surface area contributed by atoms with Crippen LogP contribution in [0.3, 0.4) is 0 Å². The van der Waals surface area contributed by atoms with Gasteiger partial charge in [-0.25, -0.2) is 0 Å². The molecule has 0 aliphatic carbocycles. The summed E-state index contributed by atoms with van der Waals surface area (Å²) >= 11 is 0. The molecule has 6 heteroatoms. The van der Waals surface area contributed by atoms with Gasteiger partial charge in [0.1, 0.15) is 12.4 Å². The summed E-state index contributed by atoms with van der Waals surface area (Å²) in [5, 5.41) is 4.93. The quantitative estimate of drug-likeness (QED) is 0.465. The molecule has 4 aromatic rings. The molecule has 0 unspecified atom stereocenters. The first kappa shape index (κ1) is 22.1. The molecular weight excluding hydrogens is 436 g/mol. The van der Waals surface area contributed by atoms with E-state index in [1.807, 2.05) is 42.6 Å². The van der Waals surface area contributed by atoms with Crippen LogP contribution in [0.1, 0.15) is 29.7 Å². The van der Waals surface area contributed by atoms with Crippen molar-refractivity contribution in [2.24, 2.45) is 7.05 Å². The van der Waals surface area contributed by atoms with Crippen molar-refractivity contribution in [3.63, 3.8) is 0 Å². The molecule has 2 aromatic heterocycles. The van der Waals surface area contributed by atoms with Crippen molar-refractivity contribution in [1.82, 2.24) is 19.4 Å². The minimum Gasteiger partial charge on any atom is -0.489 e. The van der Waals surface area contributed by atoms with E-state index in [0.29, 0.717) is 18.4 Å². The fraction of sp³-hybridized carbons (Fsp3) is 0.345. The molecular formula is C29H32N4O2. The van der Waals surface area contributed by atoms with Crippen molar-refractivity contribution in [1.29, 1.82) is 0 Å². The first-order chi connectivity index (χ1) is 17.2. The van der Waals surface area contributed by atoms with Gasteiger partial charge in [-0.3, -0.25) is 14.3 Å². The molecule has 1 fully saturated rings. The van der Waals surface area contributed by atoms with Crippen LogP contribution in [0.25, 0.3) is 16.6 Å². The molecule has 0 amide bonds. The molecule has 0 saturated carbocycles. The van der Waals surface area contributed by atoms with Crippen molar-refractivity contribution in [3.8, 4) is 11.4 Å². The van der Waals surface area contributed by atoms with Gasteiger partial charge in [0.2, 0.25) is 0 Å².